The van der Waals surface area contributed by atoms with Crippen LogP contribution in [0.25, 0.3) is 0 Å². The summed E-state index contributed by atoms with van der Waals surface area (Å²) < 4.78 is 1.39. The van der Waals surface area contributed by atoms with Crippen molar-refractivity contribution in [3.05, 3.63) is 64.8 Å². The molecule has 1 aromatic carbocycles. The van der Waals surface area contributed by atoms with Crippen molar-refractivity contribution in [2.75, 3.05) is 19.6 Å². The second kappa shape index (κ2) is 7.41. The van der Waals surface area contributed by atoms with E-state index in [1.165, 1.54) is 22.7 Å². The number of fused-ring (bicyclic) bond motifs is 4. The summed E-state index contributed by atoms with van der Waals surface area (Å²) in [6.45, 7) is 3.58. The predicted molar refractivity (Wildman–Crippen MR) is 98.4 cm³/mol. The highest BCUT2D eigenvalue weighted by molar-refractivity contribution is 5.76. The number of carbonyl (C=O) groups excluding carboxylic acids is 1. The molecule has 2 atom stereocenters. The Hall–Kier alpha value is -2.47. The van der Waals surface area contributed by atoms with E-state index in [4.69, 9.17) is 0 Å². The molecule has 6 nitrogen and oxygen atoms in total. The second-order valence-electron chi connectivity index (χ2n) is 7.34. The molecular formula is C20H24N4O2. The fourth-order valence-corrected chi connectivity index (χ4v) is 4.15. The molecule has 136 valence electrons. The van der Waals surface area contributed by atoms with Gasteiger partial charge in [0.25, 0.3) is 0 Å². The van der Waals surface area contributed by atoms with Crippen LogP contribution in [0.4, 0.5) is 0 Å². The van der Waals surface area contributed by atoms with Crippen LogP contribution >= 0.6 is 0 Å². The SMILES string of the molecule is O=C(Cn1cccnc1=O)N1C[C@H]2CC[C@@H](C1)N(Cc1ccccc1)C2. The van der Waals surface area contributed by atoms with Crippen LogP contribution in [0.3, 0.4) is 0 Å². The van der Waals surface area contributed by atoms with Gasteiger partial charge in [-0.3, -0.25) is 14.3 Å². The number of hydrogen-bond acceptors (Lipinski definition) is 4. The lowest BCUT2D eigenvalue weighted by atomic mass is 9.94. The molecule has 3 saturated heterocycles. The van der Waals surface area contributed by atoms with E-state index in [-0.39, 0.29) is 18.1 Å². The molecule has 3 fully saturated rings. The Morgan fingerprint density at radius 1 is 1.08 bits per heavy atom. The Labute approximate surface area is 153 Å². The maximum Gasteiger partial charge on any atom is 0.347 e. The van der Waals surface area contributed by atoms with Crippen molar-refractivity contribution in [1.82, 2.24) is 19.4 Å². The van der Waals surface area contributed by atoms with Crippen LogP contribution in [-0.4, -0.2) is 50.9 Å². The molecule has 0 unspecified atom stereocenters. The summed E-state index contributed by atoms with van der Waals surface area (Å²) in [6.07, 6.45) is 5.39. The van der Waals surface area contributed by atoms with Gasteiger partial charge in [-0.05, 0) is 30.4 Å². The lowest BCUT2D eigenvalue weighted by Gasteiger charge is -2.36. The largest absolute Gasteiger partial charge is 0.347 e. The first-order valence-corrected chi connectivity index (χ1v) is 9.26. The van der Waals surface area contributed by atoms with Crippen molar-refractivity contribution in [3.8, 4) is 0 Å². The highest BCUT2D eigenvalue weighted by Crippen LogP contribution is 2.29. The summed E-state index contributed by atoms with van der Waals surface area (Å²) in [5.41, 5.74) is 0.948. The van der Waals surface area contributed by atoms with E-state index in [2.05, 4.69) is 34.1 Å². The van der Waals surface area contributed by atoms with Crippen molar-refractivity contribution >= 4 is 5.91 Å². The van der Waals surface area contributed by atoms with E-state index in [0.29, 0.717) is 12.0 Å². The first-order chi connectivity index (χ1) is 12.7. The van der Waals surface area contributed by atoms with Crippen LogP contribution in [0.15, 0.2) is 53.6 Å². The summed E-state index contributed by atoms with van der Waals surface area (Å²) in [6, 6.07) is 12.6. The van der Waals surface area contributed by atoms with E-state index >= 15 is 0 Å². The number of nitrogens with zero attached hydrogens (tertiary/aromatic N) is 4. The van der Waals surface area contributed by atoms with Crippen molar-refractivity contribution in [3.63, 3.8) is 0 Å². The third-order valence-electron chi connectivity index (χ3n) is 5.50. The van der Waals surface area contributed by atoms with Gasteiger partial charge >= 0.3 is 5.69 Å². The molecule has 0 aliphatic carbocycles. The van der Waals surface area contributed by atoms with Crippen LogP contribution < -0.4 is 5.69 Å². The first kappa shape index (κ1) is 17.0. The maximum atomic E-state index is 12.8. The fourth-order valence-electron chi connectivity index (χ4n) is 4.15. The predicted octanol–water partition coefficient (Wildman–Crippen LogP) is 1.37. The van der Waals surface area contributed by atoms with Gasteiger partial charge in [0.15, 0.2) is 0 Å². The molecular weight excluding hydrogens is 328 g/mol. The average Bonchev–Trinajstić information content (AvgIpc) is 2.96. The third kappa shape index (κ3) is 3.70. The first-order valence-electron chi connectivity index (χ1n) is 9.26. The van der Waals surface area contributed by atoms with Gasteiger partial charge in [-0.25, -0.2) is 9.78 Å². The number of benzene rings is 1. The molecule has 1 amide bonds. The minimum absolute atomic E-state index is 0.0126. The van der Waals surface area contributed by atoms with Crippen molar-refractivity contribution < 1.29 is 4.79 Å². The highest BCUT2D eigenvalue weighted by Gasteiger charge is 2.36. The standard InChI is InChI=1S/C20H24N4O2/c25-19(15-22-10-4-9-21-20(22)26)24-13-17-7-8-18(14-24)23(12-17)11-16-5-2-1-3-6-16/h1-6,9-10,17-18H,7-8,11-15H2/t17-,18-/m0/s1. The molecule has 2 bridgehead atoms. The Morgan fingerprint density at radius 3 is 2.73 bits per heavy atom. The lowest BCUT2D eigenvalue weighted by Crippen LogP contribution is -2.44. The zero-order chi connectivity index (χ0) is 17.9. The number of carbonyl (C=O) groups is 1. The third-order valence-corrected chi connectivity index (χ3v) is 5.50. The molecule has 0 N–H and O–H groups in total. The molecule has 5 rings (SSSR count). The summed E-state index contributed by atoms with van der Waals surface area (Å²) >= 11 is 0. The van der Waals surface area contributed by atoms with Gasteiger partial charge in [0.05, 0.1) is 0 Å². The molecule has 2 aromatic rings. The zero-order valence-corrected chi connectivity index (χ0v) is 14.8. The highest BCUT2D eigenvalue weighted by atomic mass is 16.2. The second-order valence-corrected chi connectivity index (χ2v) is 7.34. The molecule has 0 spiro atoms. The van der Waals surface area contributed by atoms with E-state index in [1.54, 1.807) is 12.3 Å². The minimum atomic E-state index is -0.371. The van der Waals surface area contributed by atoms with Gasteiger partial charge in [0.1, 0.15) is 6.54 Å². The van der Waals surface area contributed by atoms with Crippen LogP contribution in [0.5, 0.6) is 0 Å². The van der Waals surface area contributed by atoms with Crippen LogP contribution in [0, 0.1) is 5.92 Å². The Bertz CT molecular complexity index is 820. The number of amides is 1. The zero-order valence-electron chi connectivity index (χ0n) is 14.8. The number of hydrogen-bond donors (Lipinski definition) is 0. The van der Waals surface area contributed by atoms with Crippen molar-refractivity contribution in [2.24, 2.45) is 5.92 Å². The van der Waals surface area contributed by atoms with Crippen LogP contribution in [0.1, 0.15) is 18.4 Å². The summed E-state index contributed by atoms with van der Waals surface area (Å²) in [7, 11) is 0. The smallest absolute Gasteiger partial charge is 0.339 e. The van der Waals surface area contributed by atoms with E-state index in [9.17, 15) is 9.59 Å². The van der Waals surface area contributed by atoms with Crippen molar-refractivity contribution in [1.29, 1.82) is 0 Å². The van der Waals surface area contributed by atoms with Gasteiger partial charge in [-0.15, -0.1) is 0 Å². The van der Waals surface area contributed by atoms with Crippen molar-refractivity contribution in [2.45, 2.75) is 32.0 Å². The maximum absolute atomic E-state index is 12.8. The topological polar surface area (TPSA) is 58.4 Å². The number of piperidine rings is 1. The molecule has 3 aliphatic heterocycles. The van der Waals surface area contributed by atoms with Crippen LogP contribution in [0.2, 0.25) is 0 Å². The summed E-state index contributed by atoms with van der Waals surface area (Å²) in [5, 5.41) is 0. The monoisotopic (exact) mass is 352 g/mol. The number of rotatable bonds is 4. The summed E-state index contributed by atoms with van der Waals surface area (Å²) in [4.78, 5) is 32.7. The van der Waals surface area contributed by atoms with E-state index < -0.39 is 0 Å². The quantitative estimate of drug-likeness (QED) is 0.834. The van der Waals surface area contributed by atoms with Gasteiger partial charge < -0.3 is 4.90 Å². The molecule has 26 heavy (non-hydrogen) atoms. The van der Waals surface area contributed by atoms with Gasteiger partial charge in [-0.1, -0.05) is 30.3 Å². The average molecular weight is 352 g/mol. The molecule has 1 aromatic heterocycles. The Morgan fingerprint density at radius 2 is 1.92 bits per heavy atom. The summed E-state index contributed by atoms with van der Waals surface area (Å²) in [5.74, 6) is 0.519. The van der Waals surface area contributed by atoms with Gasteiger partial charge in [0, 0.05) is 44.6 Å². The van der Waals surface area contributed by atoms with Gasteiger partial charge in [-0.2, -0.15) is 0 Å². The Kier molecular flexibility index (Phi) is 4.84. The van der Waals surface area contributed by atoms with E-state index in [0.717, 1.165) is 32.6 Å². The van der Waals surface area contributed by atoms with E-state index in [1.807, 2.05) is 11.0 Å². The fraction of sp³-hybridized carbons (Fsp3) is 0.450. The molecule has 0 saturated carbocycles. The lowest BCUT2D eigenvalue weighted by molar-refractivity contribution is -0.132. The van der Waals surface area contributed by atoms with Gasteiger partial charge in [0.2, 0.25) is 5.91 Å². The minimum Gasteiger partial charge on any atom is -0.339 e. The molecule has 3 aliphatic rings. The number of aromatic nitrogens is 2. The molecule has 0 radical (unpaired) electrons. The normalized spacial score (nSPS) is 23.0. The molecule has 4 heterocycles. The molecule has 6 heteroatoms. The van der Waals surface area contributed by atoms with Crippen LogP contribution in [-0.2, 0) is 17.9 Å². The Balaban J connectivity index is 1.45.